The zero-order valence-electron chi connectivity index (χ0n) is 11.9. The molecule has 2 N–H and O–H groups in total. The van der Waals surface area contributed by atoms with Crippen molar-refractivity contribution in [1.29, 1.82) is 0 Å². The molecule has 112 valence electrons. The lowest BCUT2D eigenvalue weighted by Crippen LogP contribution is -2.46. The largest absolute Gasteiger partial charge is 0.347 e. The molecule has 0 bridgehead atoms. The van der Waals surface area contributed by atoms with E-state index in [0.717, 1.165) is 36.0 Å². The standard InChI is InChI=1S/C15H21BrN2O.ClH/c1-15(2,12-3-5-13(16)6-4-12)18-14(19)11-7-9-17-10-8-11;/h3-6,11,17H,7-10H2,1-2H3,(H,18,19);1H. The highest BCUT2D eigenvalue weighted by Crippen LogP contribution is 2.23. The van der Waals surface area contributed by atoms with Gasteiger partial charge in [0.2, 0.25) is 5.91 Å². The molecule has 5 heteroatoms. The van der Waals surface area contributed by atoms with Gasteiger partial charge in [0, 0.05) is 10.4 Å². The molecule has 1 aromatic carbocycles. The maximum Gasteiger partial charge on any atom is 0.223 e. The normalized spacial score (nSPS) is 16.4. The van der Waals surface area contributed by atoms with Crippen LogP contribution in [0.15, 0.2) is 28.7 Å². The van der Waals surface area contributed by atoms with Crippen molar-refractivity contribution in [1.82, 2.24) is 10.6 Å². The molecule has 20 heavy (non-hydrogen) atoms. The first-order valence-corrected chi connectivity index (χ1v) is 7.57. The number of carbonyl (C=O) groups is 1. The molecule has 0 unspecified atom stereocenters. The minimum Gasteiger partial charge on any atom is -0.347 e. The van der Waals surface area contributed by atoms with Gasteiger partial charge in [-0.3, -0.25) is 4.79 Å². The van der Waals surface area contributed by atoms with Gasteiger partial charge in [0.25, 0.3) is 0 Å². The fourth-order valence-electron chi connectivity index (χ4n) is 2.43. The van der Waals surface area contributed by atoms with Crippen molar-refractivity contribution in [3.8, 4) is 0 Å². The van der Waals surface area contributed by atoms with E-state index in [-0.39, 0.29) is 29.8 Å². The molecule has 1 saturated heterocycles. The predicted octanol–water partition coefficient (Wildman–Crippen LogP) is 3.22. The van der Waals surface area contributed by atoms with Gasteiger partial charge in [-0.15, -0.1) is 12.4 Å². The summed E-state index contributed by atoms with van der Waals surface area (Å²) < 4.78 is 1.05. The quantitative estimate of drug-likeness (QED) is 0.868. The van der Waals surface area contributed by atoms with Crippen LogP contribution in [-0.2, 0) is 10.3 Å². The molecular weight excluding hydrogens is 340 g/mol. The van der Waals surface area contributed by atoms with Crippen LogP contribution in [0.3, 0.4) is 0 Å². The van der Waals surface area contributed by atoms with Crippen molar-refractivity contribution in [2.24, 2.45) is 5.92 Å². The van der Waals surface area contributed by atoms with E-state index in [2.05, 4.69) is 40.4 Å². The zero-order valence-corrected chi connectivity index (χ0v) is 14.3. The number of benzene rings is 1. The summed E-state index contributed by atoms with van der Waals surface area (Å²) in [6.45, 7) is 5.98. The van der Waals surface area contributed by atoms with Crippen LogP contribution >= 0.6 is 28.3 Å². The maximum atomic E-state index is 12.3. The molecule has 0 saturated carbocycles. The second-order valence-electron chi connectivity index (χ2n) is 5.65. The third kappa shape index (κ3) is 4.47. The van der Waals surface area contributed by atoms with E-state index in [1.165, 1.54) is 0 Å². The molecule has 0 aromatic heterocycles. The van der Waals surface area contributed by atoms with Crippen LogP contribution in [-0.4, -0.2) is 19.0 Å². The van der Waals surface area contributed by atoms with Gasteiger partial charge in [0.1, 0.15) is 0 Å². The van der Waals surface area contributed by atoms with Gasteiger partial charge >= 0.3 is 0 Å². The number of nitrogens with one attached hydrogen (secondary N) is 2. The monoisotopic (exact) mass is 360 g/mol. The molecule has 1 fully saturated rings. The highest BCUT2D eigenvalue weighted by atomic mass is 79.9. The number of amides is 1. The van der Waals surface area contributed by atoms with E-state index in [1.54, 1.807) is 0 Å². The molecule has 1 amide bonds. The second-order valence-corrected chi connectivity index (χ2v) is 6.56. The molecule has 0 atom stereocenters. The van der Waals surface area contributed by atoms with E-state index < -0.39 is 0 Å². The maximum absolute atomic E-state index is 12.3. The van der Waals surface area contributed by atoms with Crippen LogP contribution in [0.5, 0.6) is 0 Å². The summed E-state index contributed by atoms with van der Waals surface area (Å²) in [5.74, 6) is 0.324. The average Bonchev–Trinajstić information content (AvgIpc) is 2.40. The Labute approximate surface area is 135 Å². The molecule has 1 heterocycles. The highest BCUT2D eigenvalue weighted by Gasteiger charge is 2.28. The van der Waals surface area contributed by atoms with Crippen molar-refractivity contribution in [2.45, 2.75) is 32.2 Å². The number of rotatable bonds is 3. The lowest BCUT2D eigenvalue weighted by atomic mass is 9.91. The van der Waals surface area contributed by atoms with Gasteiger partial charge in [-0.1, -0.05) is 28.1 Å². The average molecular weight is 362 g/mol. The Bertz CT molecular complexity index is 442. The number of hydrogen-bond donors (Lipinski definition) is 2. The van der Waals surface area contributed by atoms with Crippen LogP contribution in [0.4, 0.5) is 0 Å². The summed E-state index contributed by atoms with van der Waals surface area (Å²) >= 11 is 3.43. The first-order valence-electron chi connectivity index (χ1n) is 6.78. The molecule has 2 rings (SSSR count). The first-order chi connectivity index (χ1) is 8.99. The Kier molecular flexibility index (Phi) is 6.49. The second kappa shape index (κ2) is 7.43. The van der Waals surface area contributed by atoms with Gasteiger partial charge in [-0.25, -0.2) is 0 Å². The highest BCUT2D eigenvalue weighted by molar-refractivity contribution is 9.10. The van der Waals surface area contributed by atoms with Crippen molar-refractivity contribution in [3.05, 3.63) is 34.3 Å². The van der Waals surface area contributed by atoms with Crippen molar-refractivity contribution in [2.75, 3.05) is 13.1 Å². The van der Waals surface area contributed by atoms with Crippen LogP contribution in [0.2, 0.25) is 0 Å². The molecule has 1 aliphatic heterocycles. The third-order valence-corrected chi connectivity index (χ3v) is 4.24. The van der Waals surface area contributed by atoms with E-state index in [0.29, 0.717) is 0 Å². The van der Waals surface area contributed by atoms with Gasteiger partial charge in [-0.05, 0) is 57.5 Å². The summed E-state index contributed by atoms with van der Waals surface area (Å²) in [5, 5.41) is 6.46. The molecule has 3 nitrogen and oxygen atoms in total. The van der Waals surface area contributed by atoms with Gasteiger partial charge in [-0.2, -0.15) is 0 Å². The summed E-state index contributed by atoms with van der Waals surface area (Å²) in [7, 11) is 0. The van der Waals surface area contributed by atoms with Gasteiger partial charge in [0.15, 0.2) is 0 Å². The van der Waals surface area contributed by atoms with E-state index in [4.69, 9.17) is 0 Å². The topological polar surface area (TPSA) is 41.1 Å². The smallest absolute Gasteiger partial charge is 0.223 e. The minimum absolute atomic E-state index is 0. The third-order valence-electron chi connectivity index (χ3n) is 3.71. The van der Waals surface area contributed by atoms with E-state index in [9.17, 15) is 4.79 Å². The number of carbonyl (C=O) groups excluding carboxylic acids is 1. The number of hydrogen-bond acceptors (Lipinski definition) is 2. The fourth-order valence-corrected chi connectivity index (χ4v) is 2.70. The SMILES string of the molecule is CC(C)(NC(=O)C1CCNCC1)c1ccc(Br)cc1.Cl. The minimum atomic E-state index is -0.331. The van der Waals surface area contributed by atoms with Crippen molar-refractivity contribution in [3.63, 3.8) is 0 Å². The fraction of sp³-hybridized carbons (Fsp3) is 0.533. The van der Waals surface area contributed by atoms with Crippen molar-refractivity contribution >= 4 is 34.2 Å². The molecule has 1 aliphatic rings. The lowest BCUT2D eigenvalue weighted by Gasteiger charge is -2.30. The molecule has 0 spiro atoms. The summed E-state index contributed by atoms with van der Waals surface area (Å²) in [5.41, 5.74) is 0.792. The molecule has 0 aliphatic carbocycles. The van der Waals surface area contributed by atoms with Gasteiger partial charge in [0.05, 0.1) is 5.54 Å². The van der Waals surface area contributed by atoms with Crippen molar-refractivity contribution < 1.29 is 4.79 Å². The Balaban J connectivity index is 0.00000200. The lowest BCUT2D eigenvalue weighted by molar-refractivity contribution is -0.127. The summed E-state index contributed by atoms with van der Waals surface area (Å²) in [6, 6.07) is 8.11. The Morgan fingerprint density at radius 3 is 2.35 bits per heavy atom. The Morgan fingerprint density at radius 2 is 1.80 bits per heavy atom. The zero-order chi connectivity index (χ0) is 13.9. The Morgan fingerprint density at radius 1 is 1.25 bits per heavy atom. The van der Waals surface area contributed by atoms with E-state index in [1.807, 2.05) is 24.3 Å². The van der Waals surface area contributed by atoms with Crippen LogP contribution in [0, 0.1) is 5.92 Å². The molecular formula is C15H22BrClN2O. The summed E-state index contributed by atoms with van der Waals surface area (Å²) in [4.78, 5) is 12.3. The van der Waals surface area contributed by atoms with Crippen LogP contribution in [0.1, 0.15) is 32.3 Å². The Hall–Kier alpha value is -0.580. The van der Waals surface area contributed by atoms with Crippen LogP contribution in [0.25, 0.3) is 0 Å². The molecule has 1 aromatic rings. The summed E-state index contributed by atoms with van der Waals surface area (Å²) in [6.07, 6.45) is 1.87. The predicted molar refractivity (Wildman–Crippen MR) is 88.2 cm³/mol. The van der Waals surface area contributed by atoms with Gasteiger partial charge < -0.3 is 10.6 Å². The number of piperidine rings is 1. The molecule has 0 radical (unpaired) electrons. The first kappa shape index (κ1) is 17.5. The van der Waals surface area contributed by atoms with E-state index >= 15 is 0 Å². The number of halogens is 2. The van der Waals surface area contributed by atoms with Crippen LogP contribution < -0.4 is 10.6 Å².